The van der Waals surface area contributed by atoms with E-state index in [9.17, 15) is 9.59 Å². The molecule has 0 saturated heterocycles. The third-order valence-electron chi connectivity index (χ3n) is 5.41. The van der Waals surface area contributed by atoms with Crippen LogP contribution in [-0.2, 0) is 5.66 Å². The molecule has 4 N–H and O–H groups in total. The molecule has 27 heavy (non-hydrogen) atoms. The van der Waals surface area contributed by atoms with E-state index in [2.05, 4.69) is 27.5 Å². The summed E-state index contributed by atoms with van der Waals surface area (Å²) < 4.78 is 1.61. The predicted molar refractivity (Wildman–Crippen MR) is 103 cm³/mol. The molecule has 2 aromatic rings. The zero-order valence-electron chi connectivity index (χ0n) is 15.3. The summed E-state index contributed by atoms with van der Waals surface area (Å²) in [7, 11) is 0. The Bertz CT molecular complexity index is 1010. The highest BCUT2D eigenvalue weighted by atomic mass is 16.2. The number of pyridine rings is 1. The molecule has 0 bridgehead atoms. The van der Waals surface area contributed by atoms with Crippen LogP contribution in [0.4, 0.5) is 17.3 Å². The fourth-order valence-electron chi connectivity index (χ4n) is 4.18. The smallest absolute Gasteiger partial charge is 0.277 e. The van der Waals surface area contributed by atoms with Gasteiger partial charge in [-0.2, -0.15) is 0 Å². The van der Waals surface area contributed by atoms with Crippen molar-refractivity contribution in [3.8, 4) is 0 Å². The van der Waals surface area contributed by atoms with Crippen LogP contribution in [-0.4, -0.2) is 20.4 Å². The molecule has 0 saturated carbocycles. The summed E-state index contributed by atoms with van der Waals surface area (Å²) in [6, 6.07) is 3.24. The van der Waals surface area contributed by atoms with Crippen LogP contribution in [0.1, 0.15) is 42.2 Å². The molecular formula is C19H22N6O2. The highest BCUT2D eigenvalue weighted by Gasteiger charge is 2.48. The van der Waals surface area contributed by atoms with Crippen molar-refractivity contribution in [2.75, 3.05) is 11.1 Å². The SMILES string of the molecule is CCC1CCC=CC12NC(=O)c1c(C)cc(Nc3cc(N)ncn3)c(=O)n12. The number of carbonyl (C=O) groups excluding carboxylic acids is 1. The molecular weight excluding hydrogens is 344 g/mol. The van der Waals surface area contributed by atoms with Gasteiger partial charge in [0.15, 0.2) is 0 Å². The maximum Gasteiger partial charge on any atom is 0.277 e. The highest BCUT2D eigenvalue weighted by Crippen LogP contribution is 2.39. The molecule has 2 atom stereocenters. The second-order valence-corrected chi connectivity index (χ2v) is 7.05. The zero-order chi connectivity index (χ0) is 19.2. The lowest BCUT2D eigenvalue weighted by atomic mass is 9.82. The Morgan fingerprint density at radius 2 is 2.19 bits per heavy atom. The number of nitrogens with one attached hydrogen (secondary N) is 2. The van der Waals surface area contributed by atoms with Gasteiger partial charge in [-0.25, -0.2) is 9.97 Å². The van der Waals surface area contributed by atoms with Gasteiger partial charge in [0, 0.05) is 12.0 Å². The number of aromatic nitrogens is 3. The Morgan fingerprint density at radius 3 is 2.93 bits per heavy atom. The molecule has 4 rings (SSSR count). The lowest BCUT2D eigenvalue weighted by Crippen LogP contribution is -2.52. The molecule has 140 valence electrons. The molecule has 3 heterocycles. The maximum absolute atomic E-state index is 13.4. The van der Waals surface area contributed by atoms with E-state index in [-0.39, 0.29) is 17.4 Å². The van der Waals surface area contributed by atoms with Gasteiger partial charge in [0.05, 0.1) is 0 Å². The average Bonchev–Trinajstić information content (AvgIpc) is 2.93. The molecule has 1 amide bonds. The monoisotopic (exact) mass is 366 g/mol. The van der Waals surface area contributed by atoms with Crippen LogP contribution in [0.3, 0.4) is 0 Å². The zero-order valence-corrected chi connectivity index (χ0v) is 15.3. The van der Waals surface area contributed by atoms with E-state index in [1.54, 1.807) is 16.7 Å². The normalized spacial score (nSPS) is 23.3. The fraction of sp³-hybridized carbons (Fsp3) is 0.368. The summed E-state index contributed by atoms with van der Waals surface area (Å²) in [5.74, 6) is 0.666. The summed E-state index contributed by atoms with van der Waals surface area (Å²) in [6.45, 7) is 3.91. The van der Waals surface area contributed by atoms with Crippen molar-refractivity contribution >= 4 is 23.2 Å². The molecule has 8 heteroatoms. The van der Waals surface area contributed by atoms with Crippen molar-refractivity contribution in [1.29, 1.82) is 0 Å². The lowest BCUT2D eigenvalue weighted by Gasteiger charge is -2.38. The number of nitrogens with two attached hydrogens (primary N) is 1. The van der Waals surface area contributed by atoms with Gasteiger partial charge in [0.2, 0.25) is 0 Å². The van der Waals surface area contributed by atoms with Crippen molar-refractivity contribution in [2.24, 2.45) is 5.92 Å². The maximum atomic E-state index is 13.4. The molecule has 0 aromatic carbocycles. The first-order valence-corrected chi connectivity index (χ1v) is 9.08. The van der Waals surface area contributed by atoms with Crippen molar-refractivity contribution in [2.45, 2.75) is 38.8 Å². The van der Waals surface area contributed by atoms with Crippen molar-refractivity contribution < 1.29 is 4.79 Å². The first-order chi connectivity index (χ1) is 13.0. The molecule has 2 unspecified atom stereocenters. The first-order valence-electron chi connectivity index (χ1n) is 9.08. The van der Waals surface area contributed by atoms with Gasteiger partial charge in [-0.05, 0) is 43.9 Å². The fourth-order valence-corrected chi connectivity index (χ4v) is 4.18. The van der Waals surface area contributed by atoms with Crippen LogP contribution < -0.4 is 21.9 Å². The predicted octanol–water partition coefficient (Wildman–Crippen LogP) is 2.04. The van der Waals surface area contributed by atoms with E-state index in [0.717, 1.165) is 24.8 Å². The number of hydrogen-bond acceptors (Lipinski definition) is 6. The van der Waals surface area contributed by atoms with E-state index in [1.165, 1.54) is 6.33 Å². The van der Waals surface area contributed by atoms with Gasteiger partial charge in [-0.15, -0.1) is 0 Å². The van der Waals surface area contributed by atoms with Gasteiger partial charge < -0.3 is 16.4 Å². The molecule has 0 radical (unpaired) electrons. The number of hydrogen-bond donors (Lipinski definition) is 3. The number of aryl methyl sites for hydroxylation is 1. The molecule has 1 aliphatic heterocycles. The molecule has 2 aromatic heterocycles. The van der Waals surface area contributed by atoms with Crippen LogP contribution in [0.5, 0.6) is 0 Å². The molecule has 1 aliphatic carbocycles. The summed E-state index contributed by atoms with van der Waals surface area (Å²) in [6.07, 6.45) is 8.05. The summed E-state index contributed by atoms with van der Waals surface area (Å²) in [4.78, 5) is 34.1. The third kappa shape index (κ3) is 2.59. The minimum Gasteiger partial charge on any atom is -0.384 e. The van der Waals surface area contributed by atoms with Crippen LogP contribution in [0, 0.1) is 12.8 Å². The Balaban J connectivity index is 1.90. The minimum absolute atomic E-state index is 0.148. The van der Waals surface area contributed by atoms with E-state index in [1.807, 2.05) is 19.1 Å². The molecule has 2 aliphatic rings. The Hall–Kier alpha value is -3.16. The number of allylic oxidation sites excluding steroid dienone is 1. The van der Waals surface area contributed by atoms with Gasteiger partial charge >= 0.3 is 0 Å². The molecule has 8 nitrogen and oxygen atoms in total. The standard InChI is InChI=1S/C19H22N6O2/c1-3-12-6-4-5-7-19(12)24-17(26)16-11(2)8-13(18(27)25(16)19)23-15-9-14(20)21-10-22-15/h5,7-10,12H,3-4,6H2,1-2H3,(H,24,26)(H3,20,21,22,23). The summed E-state index contributed by atoms with van der Waals surface area (Å²) >= 11 is 0. The van der Waals surface area contributed by atoms with E-state index >= 15 is 0 Å². The van der Waals surface area contributed by atoms with Crippen molar-refractivity contribution in [3.63, 3.8) is 0 Å². The van der Waals surface area contributed by atoms with Crippen LogP contribution in [0.2, 0.25) is 0 Å². The van der Waals surface area contributed by atoms with E-state index in [0.29, 0.717) is 23.0 Å². The Morgan fingerprint density at radius 1 is 1.37 bits per heavy atom. The number of amides is 1. The quantitative estimate of drug-likeness (QED) is 0.716. The van der Waals surface area contributed by atoms with Crippen LogP contribution in [0.25, 0.3) is 0 Å². The van der Waals surface area contributed by atoms with E-state index in [4.69, 9.17) is 5.73 Å². The second-order valence-electron chi connectivity index (χ2n) is 7.05. The van der Waals surface area contributed by atoms with Crippen molar-refractivity contribution in [3.05, 3.63) is 52.2 Å². The largest absolute Gasteiger partial charge is 0.384 e. The summed E-state index contributed by atoms with van der Waals surface area (Å²) in [5, 5.41) is 6.11. The molecule has 1 spiro atoms. The number of nitrogens with zero attached hydrogens (tertiary/aromatic N) is 3. The Kier molecular flexibility index (Phi) is 3.98. The number of fused-ring (bicyclic) bond motifs is 2. The van der Waals surface area contributed by atoms with Crippen LogP contribution in [0.15, 0.2) is 35.4 Å². The van der Waals surface area contributed by atoms with Gasteiger partial charge in [-0.1, -0.05) is 13.0 Å². The van der Waals surface area contributed by atoms with Crippen molar-refractivity contribution in [1.82, 2.24) is 19.9 Å². The van der Waals surface area contributed by atoms with Crippen LogP contribution >= 0.6 is 0 Å². The number of rotatable bonds is 3. The topological polar surface area (TPSA) is 115 Å². The number of anilines is 3. The average molecular weight is 366 g/mol. The number of carbonyl (C=O) groups is 1. The summed E-state index contributed by atoms with van der Waals surface area (Å²) in [5.41, 5.74) is 6.10. The van der Waals surface area contributed by atoms with Gasteiger partial charge in [0.25, 0.3) is 11.5 Å². The third-order valence-corrected chi connectivity index (χ3v) is 5.41. The first kappa shape index (κ1) is 17.3. The van der Waals surface area contributed by atoms with Gasteiger partial charge in [0.1, 0.15) is 35.0 Å². The Labute approximate surface area is 156 Å². The van der Waals surface area contributed by atoms with E-state index < -0.39 is 5.66 Å². The molecule has 0 fully saturated rings. The lowest BCUT2D eigenvalue weighted by molar-refractivity contribution is 0.0889. The minimum atomic E-state index is -0.816. The second kappa shape index (κ2) is 6.22. The highest BCUT2D eigenvalue weighted by molar-refractivity contribution is 5.97. The van der Waals surface area contributed by atoms with Gasteiger partial charge in [-0.3, -0.25) is 14.2 Å². The number of nitrogen functional groups attached to an aromatic ring is 1.